The van der Waals surface area contributed by atoms with Crippen LogP contribution in [-0.2, 0) is 4.79 Å². The molecule has 0 aliphatic carbocycles. The molecule has 2 aromatic heterocycles. The molecular weight excluding hydrogens is 314 g/mol. The standard InChI is InChI=1S/C16H17N3O3S/c1-22-14-7-6-11(10-17-14)18-15(20)12-4-2-8-19(12)16(21)13-5-3-9-23-13/h3,5-7,9-10,12H,2,4,8H2,1H3,(H,18,20)/t12-/m0/s1. The molecule has 2 aromatic rings. The molecule has 0 radical (unpaired) electrons. The van der Waals surface area contributed by atoms with Crippen LogP contribution in [0.4, 0.5) is 5.69 Å². The molecule has 1 atom stereocenters. The Morgan fingerprint density at radius 2 is 2.26 bits per heavy atom. The maximum atomic E-state index is 12.5. The molecule has 7 heteroatoms. The summed E-state index contributed by atoms with van der Waals surface area (Å²) in [5, 5.41) is 4.68. The van der Waals surface area contributed by atoms with E-state index in [-0.39, 0.29) is 11.8 Å². The molecule has 6 nitrogen and oxygen atoms in total. The second kappa shape index (κ2) is 6.78. The van der Waals surface area contributed by atoms with Crippen molar-refractivity contribution in [1.29, 1.82) is 0 Å². The Labute approximate surface area is 138 Å². The number of carbonyl (C=O) groups is 2. The molecule has 0 spiro atoms. The first kappa shape index (κ1) is 15.5. The van der Waals surface area contributed by atoms with Crippen LogP contribution < -0.4 is 10.1 Å². The van der Waals surface area contributed by atoms with Crippen molar-refractivity contribution in [3.63, 3.8) is 0 Å². The van der Waals surface area contributed by atoms with Crippen molar-refractivity contribution in [2.24, 2.45) is 0 Å². The zero-order chi connectivity index (χ0) is 16.2. The summed E-state index contributed by atoms with van der Waals surface area (Å²) in [5.74, 6) is 0.225. The van der Waals surface area contributed by atoms with Crippen molar-refractivity contribution in [3.05, 3.63) is 40.7 Å². The smallest absolute Gasteiger partial charge is 0.264 e. The number of pyridine rings is 1. The molecule has 1 saturated heterocycles. The first-order valence-corrected chi connectivity index (χ1v) is 8.22. The van der Waals surface area contributed by atoms with Gasteiger partial charge in [-0.25, -0.2) is 4.98 Å². The van der Waals surface area contributed by atoms with E-state index in [1.165, 1.54) is 24.6 Å². The van der Waals surface area contributed by atoms with Crippen LogP contribution in [0.25, 0.3) is 0 Å². The molecule has 1 aliphatic heterocycles. The summed E-state index contributed by atoms with van der Waals surface area (Å²) in [7, 11) is 1.53. The van der Waals surface area contributed by atoms with Crippen LogP contribution in [0.1, 0.15) is 22.5 Å². The van der Waals surface area contributed by atoms with Crippen molar-refractivity contribution < 1.29 is 14.3 Å². The van der Waals surface area contributed by atoms with Crippen LogP contribution in [0.5, 0.6) is 5.88 Å². The van der Waals surface area contributed by atoms with Gasteiger partial charge in [0.15, 0.2) is 0 Å². The number of hydrogen-bond acceptors (Lipinski definition) is 5. The van der Waals surface area contributed by atoms with Crippen molar-refractivity contribution in [1.82, 2.24) is 9.88 Å². The number of thiophene rings is 1. The fraction of sp³-hybridized carbons (Fsp3) is 0.312. The monoisotopic (exact) mass is 331 g/mol. The molecule has 3 heterocycles. The van der Waals surface area contributed by atoms with E-state index in [9.17, 15) is 9.59 Å². The van der Waals surface area contributed by atoms with Crippen molar-refractivity contribution in [3.8, 4) is 5.88 Å². The topological polar surface area (TPSA) is 71.5 Å². The quantitative estimate of drug-likeness (QED) is 0.934. The molecule has 1 aliphatic rings. The van der Waals surface area contributed by atoms with E-state index >= 15 is 0 Å². The summed E-state index contributed by atoms with van der Waals surface area (Å²) in [6.45, 7) is 0.607. The molecular formula is C16H17N3O3S. The van der Waals surface area contributed by atoms with Gasteiger partial charge in [-0.1, -0.05) is 6.07 Å². The highest BCUT2D eigenvalue weighted by atomic mass is 32.1. The minimum absolute atomic E-state index is 0.0782. The van der Waals surface area contributed by atoms with Crippen molar-refractivity contribution in [2.45, 2.75) is 18.9 Å². The third-order valence-corrected chi connectivity index (χ3v) is 4.62. The highest BCUT2D eigenvalue weighted by molar-refractivity contribution is 7.12. The number of nitrogens with one attached hydrogen (secondary N) is 1. The molecule has 0 aromatic carbocycles. The Morgan fingerprint density at radius 1 is 1.39 bits per heavy atom. The van der Waals surface area contributed by atoms with Crippen LogP contribution in [-0.4, -0.2) is 41.4 Å². The number of hydrogen-bond donors (Lipinski definition) is 1. The molecule has 0 unspecified atom stereocenters. The number of rotatable bonds is 4. The predicted molar refractivity (Wildman–Crippen MR) is 87.8 cm³/mol. The van der Waals surface area contributed by atoms with Crippen LogP contribution in [0.3, 0.4) is 0 Å². The SMILES string of the molecule is COc1ccc(NC(=O)[C@@H]2CCCN2C(=O)c2cccs2)cn1. The second-order valence-electron chi connectivity index (χ2n) is 5.21. The summed E-state index contributed by atoms with van der Waals surface area (Å²) in [6.07, 6.45) is 3.04. The van der Waals surface area contributed by atoms with Crippen LogP contribution >= 0.6 is 11.3 Å². The number of nitrogens with zero attached hydrogens (tertiary/aromatic N) is 2. The minimum atomic E-state index is -0.438. The zero-order valence-corrected chi connectivity index (χ0v) is 13.5. The highest BCUT2D eigenvalue weighted by Crippen LogP contribution is 2.23. The zero-order valence-electron chi connectivity index (χ0n) is 12.7. The molecule has 23 heavy (non-hydrogen) atoms. The van der Waals surface area contributed by atoms with Gasteiger partial charge in [0.05, 0.1) is 23.9 Å². The summed E-state index contributed by atoms with van der Waals surface area (Å²) < 4.78 is 4.99. The van der Waals surface area contributed by atoms with Gasteiger partial charge < -0.3 is 15.0 Å². The molecule has 120 valence electrons. The van der Waals surface area contributed by atoms with Gasteiger partial charge in [0.1, 0.15) is 6.04 Å². The van der Waals surface area contributed by atoms with Gasteiger partial charge in [0.2, 0.25) is 11.8 Å². The summed E-state index contributed by atoms with van der Waals surface area (Å²) >= 11 is 1.39. The van der Waals surface area contributed by atoms with E-state index < -0.39 is 6.04 Å². The maximum Gasteiger partial charge on any atom is 0.264 e. The van der Waals surface area contributed by atoms with Crippen LogP contribution in [0, 0.1) is 0 Å². The fourth-order valence-corrected chi connectivity index (χ4v) is 3.30. The first-order chi connectivity index (χ1) is 11.2. The molecule has 2 amide bonds. The predicted octanol–water partition coefficient (Wildman–Crippen LogP) is 2.40. The average Bonchev–Trinajstić information content (AvgIpc) is 3.26. The van der Waals surface area contributed by atoms with E-state index in [1.807, 2.05) is 11.4 Å². The van der Waals surface area contributed by atoms with Gasteiger partial charge in [-0.15, -0.1) is 11.3 Å². The van der Waals surface area contributed by atoms with E-state index in [1.54, 1.807) is 23.1 Å². The molecule has 0 saturated carbocycles. The minimum Gasteiger partial charge on any atom is -0.481 e. The summed E-state index contributed by atoms with van der Waals surface area (Å²) in [4.78, 5) is 31.3. The van der Waals surface area contributed by atoms with Gasteiger partial charge in [0, 0.05) is 12.6 Å². The number of ether oxygens (including phenoxy) is 1. The van der Waals surface area contributed by atoms with E-state index in [2.05, 4.69) is 10.3 Å². The van der Waals surface area contributed by atoms with Crippen LogP contribution in [0.2, 0.25) is 0 Å². The number of likely N-dealkylation sites (tertiary alicyclic amines) is 1. The number of amides is 2. The normalized spacial score (nSPS) is 17.1. The van der Waals surface area contributed by atoms with Gasteiger partial charge in [-0.3, -0.25) is 9.59 Å². The van der Waals surface area contributed by atoms with Gasteiger partial charge >= 0.3 is 0 Å². The summed E-state index contributed by atoms with van der Waals surface area (Å²) in [5.41, 5.74) is 0.589. The molecule has 1 N–H and O–H groups in total. The van der Waals surface area contributed by atoms with Gasteiger partial charge in [-0.2, -0.15) is 0 Å². The van der Waals surface area contributed by atoms with E-state index in [0.29, 0.717) is 29.4 Å². The van der Waals surface area contributed by atoms with Gasteiger partial charge in [0.25, 0.3) is 5.91 Å². The Bertz CT molecular complexity index is 685. The lowest BCUT2D eigenvalue weighted by atomic mass is 10.2. The number of carbonyl (C=O) groups excluding carboxylic acids is 2. The lowest BCUT2D eigenvalue weighted by molar-refractivity contribution is -0.119. The fourth-order valence-electron chi connectivity index (χ4n) is 2.62. The number of anilines is 1. The van der Waals surface area contributed by atoms with Gasteiger partial charge in [-0.05, 0) is 30.4 Å². The van der Waals surface area contributed by atoms with E-state index in [0.717, 1.165) is 6.42 Å². The van der Waals surface area contributed by atoms with Crippen molar-refractivity contribution in [2.75, 3.05) is 19.0 Å². The summed E-state index contributed by atoms with van der Waals surface area (Å²) in [6, 6.07) is 6.59. The largest absolute Gasteiger partial charge is 0.481 e. The van der Waals surface area contributed by atoms with E-state index in [4.69, 9.17) is 4.74 Å². The molecule has 3 rings (SSSR count). The number of methoxy groups -OCH3 is 1. The molecule has 0 bridgehead atoms. The average molecular weight is 331 g/mol. The lowest BCUT2D eigenvalue weighted by Crippen LogP contribution is -2.42. The third kappa shape index (κ3) is 3.34. The third-order valence-electron chi connectivity index (χ3n) is 3.76. The van der Waals surface area contributed by atoms with Crippen molar-refractivity contribution >= 4 is 28.8 Å². The number of aromatic nitrogens is 1. The lowest BCUT2D eigenvalue weighted by Gasteiger charge is -2.23. The van der Waals surface area contributed by atoms with Crippen LogP contribution in [0.15, 0.2) is 35.8 Å². The second-order valence-corrected chi connectivity index (χ2v) is 6.16. The first-order valence-electron chi connectivity index (χ1n) is 7.34. The highest BCUT2D eigenvalue weighted by Gasteiger charge is 2.34. The Hall–Kier alpha value is -2.41. The Balaban J connectivity index is 1.69. The maximum absolute atomic E-state index is 12.5. The Morgan fingerprint density at radius 3 is 2.91 bits per heavy atom. The Kier molecular flexibility index (Phi) is 4.57. The molecule has 1 fully saturated rings.